The number of rotatable bonds is 4. The summed E-state index contributed by atoms with van der Waals surface area (Å²) in [5, 5.41) is 3.27. The van der Waals surface area contributed by atoms with E-state index in [-0.39, 0.29) is 11.3 Å². The summed E-state index contributed by atoms with van der Waals surface area (Å²) in [4.78, 5) is 14.8. The smallest absolute Gasteiger partial charge is 0.226 e. The lowest BCUT2D eigenvalue weighted by Crippen LogP contribution is -2.60. The summed E-state index contributed by atoms with van der Waals surface area (Å²) in [7, 11) is 0. The van der Waals surface area contributed by atoms with Crippen LogP contribution in [0.4, 0.5) is 0 Å². The van der Waals surface area contributed by atoms with Crippen molar-refractivity contribution >= 4 is 5.91 Å². The highest BCUT2D eigenvalue weighted by Crippen LogP contribution is 2.43. The Morgan fingerprint density at radius 1 is 1.41 bits per heavy atom. The van der Waals surface area contributed by atoms with Crippen LogP contribution in [0.3, 0.4) is 0 Å². The minimum absolute atomic E-state index is 0.209. The molecular formula is C14H26N2O. The zero-order chi connectivity index (χ0) is 12.5. The second kappa shape index (κ2) is 4.97. The Bertz CT molecular complexity index is 284. The van der Waals surface area contributed by atoms with Crippen molar-refractivity contribution in [2.75, 3.05) is 19.6 Å². The number of amides is 1. The van der Waals surface area contributed by atoms with Gasteiger partial charge in [-0.2, -0.15) is 0 Å². The second-order valence-corrected chi connectivity index (χ2v) is 6.28. The molecule has 1 unspecified atom stereocenters. The Hall–Kier alpha value is -0.570. The number of carbonyl (C=O) groups is 1. The zero-order valence-electron chi connectivity index (χ0n) is 11.5. The number of nitrogens with one attached hydrogen (secondary N) is 1. The van der Waals surface area contributed by atoms with E-state index in [2.05, 4.69) is 31.0 Å². The summed E-state index contributed by atoms with van der Waals surface area (Å²) >= 11 is 0. The summed E-state index contributed by atoms with van der Waals surface area (Å²) < 4.78 is 0. The number of hydrogen-bond donors (Lipinski definition) is 1. The van der Waals surface area contributed by atoms with Gasteiger partial charge in [0.15, 0.2) is 0 Å². The maximum absolute atomic E-state index is 12.7. The molecule has 1 heterocycles. The lowest BCUT2D eigenvalue weighted by Gasteiger charge is -2.41. The van der Waals surface area contributed by atoms with E-state index < -0.39 is 0 Å². The minimum Gasteiger partial charge on any atom is -0.337 e. The van der Waals surface area contributed by atoms with Crippen LogP contribution in [-0.4, -0.2) is 36.5 Å². The molecule has 1 amide bonds. The van der Waals surface area contributed by atoms with E-state index in [1.807, 2.05) is 0 Å². The van der Waals surface area contributed by atoms with Gasteiger partial charge >= 0.3 is 0 Å². The van der Waals surface area contributed by atoms with Gasteiger partial charge in [0.1, 0.15) is 0 Å². The van der Waals surface area contributed by atoms with Crippen molar-refractivity contribution in [1.29, 1.82) is 0 Å². The van der Waals surface area contributed by atoms with Crippen LogP contribution >= 0.6 is 0 Å². The molecule has 1 atom stereocenters. The highest BCUT2D eigenvalue weighted by Gasteiger charge is 2.42. The fourth-order valence-corrected chi connectivity index (χ4v) is 3.19. The van der Waals surface area contributed by atoms with Crippen LogP contribution in [0.15, 0.2) is 0 Å². The molecule has 0 radical (unpaired) electrons. The molecule has 0 spiro atoms. The number of nitrogens with zero attached hydrogens (tertiary/aromatic N) is 1. The van der Waals surface area contributed by atoms with Crippen LogP contribution in [0.1, 0.15) is 46.5 Å². The Morgan fingerprint density at radius 3 is 2.53 bits per heavy atom. The van der Waals surface area contributed by atoms with Crippen LogP contribution < -0.4 is 5.32 Å². The lowest BCUT2D eigenvalue weighted by molar-refractivity contribution is -0.141. The first-order chi connectivity index (χ1) is 8.06. The van der Waals surface area contributed by atoms with Crippen molar-refractivity contribution < 1.29 is 4.79 Å². The molecule has 98 valence electrons. The van der Waals surface area contributed by atoms with Crippen LogP contribution in [0.2, 0.25) is 0 Å². The molecule has 0 aromatic heterocycles. The molecule has 1 N–H and O–H groups in total. The van der Waals surface area contributed by atoms with Crippen LogP contribution in [0.25, 0.3) is 0 Å². The molecule has 0 aromatic rings. The maximum atomic E-state index is 12.7. The quantitative estimate of drug-likeness (QED) is 0.812. The molecule has 17 heavy (non-hydrogen) atoms. The molecular weight excluding hydrogens is 212 g/mol. The van der Waals surface area contributed by atoms with Gasteiger partial charge < -0.3 is 10.2 Å². The number of hydrogen-bond acceptors (Lipinski definition) is 2. The predicted molar refractivity (Wildman–Crippen MR) is 69.8 cm³/mol. The first-order valence-electron chi connectivity index (χ1n) is 7.07. The van der Waals surface area contributed by atoms with E-state index in [4.69, 9.17) is 0 Å². The Kier molecular flexibility index (Phi) is 3.76. The standard InChI is InChI=1S/C14H26N2O/c1-4-8-16(11-9-15-10-11)13(17)12-6-5-7-14(12,2)3/h11-12,15H,4-10H2,1-3H3. The molecule has 0 bridgehead atoms. The minimum atomic E-state index is 0.209. The van der Waals surface area contributed by atoms with Crippen molar-refractivity contribution in [3.8, 4) is 0 Å². The third kappa shape index (κ3) is 2.49. The second-order valence-electron chi connectivity index (χ2n) is 6.28. The van der Waals surface area contributed by atoms with Crippen molar-refractivity contribution in [3.63, 3.8) is 0 Å². The largest absolute Gasteiger partial charge is 0.337 e. The van der Waals surface area contributed by atoms with Gasteiger partial charge in [0, 0.05) is 25.6 Å². The lowest BCUT2D eigenvalue weighted by atomic mass is 9.80. The van der Waals surface area contributed by atoms with Gasteiger partial charge in [-0.25, -0.2) is 0 Å². The zero-order valence-corrected chi connectivity index (χ0v) is 11.5. The number of carbonyl (C=O) groups excluding carboxylic acids is 1. The Morgan fingerprint density at radius 2 is 2.12 bits per heavy atom. The van der Waals surface area contributed by atoms with E-state index in [1.165, 1.54) is 12.8 Å². The third-order valence-electron chi connectivity index (χ3n) is 4.50. The molecule has 1 saturated heterocycles. The third-order valence-corrected chi connectivity index (χ3v) is 4.50. The van der Waals surface area contributed by atoms with Crippen molar-refractivity contribution in [2.45, 2.75) is 52.5 Å². The van der Waals surface area contributed by atoms with Gasteiger partial charge in [0.25, 0.3) is 0 Å². The van der Waals surface area contributed by atoms with Crippen molar-refractivity contribution in [1.82, 2.24) is 10.2 Å². The Balaban J connectivity index is 2.04. The molecule has 1 aliphatic heterocycles. The summed E-state index contributed by atoms with van der Waals surface area (Å²) in [6.45, 7) is 9.57. The van der Waals surface area contributed by atoms with Gasteiger partial charge in [-0.05, 0) is 24.7 Å². The summed E-state index contributed by atoms with van der Waals surface area (Å²) in [6, 6.07) is 0.457. The first kappa shape index (κ1) is 12.9. The van der Waals surface area contributed by atoms with Crippen molar-refractivity contribution in [3.05, 3.63) is 0 Å². The molecule has 0 aromatic carbocycles. The molecule has 1 saturated carbocycles. The van der Waals surface area contributed by atoms with E-state index in [0.29, 0.717) is 11.9 Å². The van der Waals surface area contributed by atoms with Gasteiger partial charge in [0.2, 0.25) is 5.91 Å². The monoisotopic (exact) mass is 238 g/mol. The average molecular weight is 238 g/mol. The topological polar surface area (TPSA) is 32.3 Å². The molecule has 3 nitrogen and oxygen atoms in total. The Labute approximate surface area is 105 Å². The summed E-state index contributed by atoms with van der Waals surface area (Å²) in [5.74, 6) is 0.676. The van der Waals surface area contributed by atoms with E-state index in [9.17, 15) is 4.79 Å². The average Bonchev–Trinajstić information content (AvgIpc) is 2.54. The molecule has 2 rings (SSSR count). The van der Waals surface area contributed by atoms with Crippen LogP contribution in [0, 0.1) is 11.3 Å². The first-order valence-corrected chi connectivity index (χ1v) is 7.07. The summed E-state index contributed by atoms with van der Waals surface area (Å²) in [5.41, 5.74) is 0.209. The van der Waals surface area contributed by atoms with Gasteiger partial charge in [-0.15, -0.1) is 0 Å². The van der Waals surface area contributed by atoms with Gasteiger partial charge in [-0.1, -0.05) is 27.2 Å². The van der Waals surface area contributed by atoms with Crippen LogP contribution in [-0.2, 0) is 4.79 Å². The van der Waals surface area contributed by atoms with Gasteiger partial charge in [0.05, 0.1) is 6.04 Å². The van der Waals surface area contributed by atoms with Crippen LogP contribution in [0.5, 0.6) is 0 Å². The van der Waals surface area contributed by atoms with E-state index in [1.54, 1.807) is 0 Å². The highest BCUT2D eigenvalue weighted by molar-refractivity contribution is 5.80. The molecule has 2 aliphatic rings. The van der Waals surface area contributed by atoms with Crippen molar-refractivity contribution in [2.24, 2.45) is 11.3 Å². The molecule has 1 aliphatic carbocycles. The predicted octanol–water partition coefficient (Wildman–Crippen LogP) is 2.02. The summed E-state index contributed by atoms with van der Waals surface area (Å²) in [6.07, 6.45) is 4.57. The normalized spacial score (nSPS) is 27.8. The van der Waals surface area contributed by atoms with Gasteiger partial charge in [-0.3, -0.25) is 4.79 Å². The SMILES string of the molecule is CCCN(C(=O)C1CCCC1(C)C)C1CNC1. The molecule has 2 fully saturated rings. The van der Waals surface area contributed by atoms with E-state index >= 15 is 0 Å². The maximum Gasteiger partial charge on any atom is 0.226 e. The fourth-order valence-electron chi connectivity index (χ4n) is 3.19. The molecule has 3 heteroatoms. The fraction of sp³-hybridized carbons (Fsp3) is 0.929. The highest BCUT2D eigenvalue weighted by atomic mass is 16.2. The van der Waals surface area contributed by atoms with E-state index in [0.717, 1.165) is 32.5 Å².